The van der Waals surface area contributed by atoms with Crippen molar-refractivity contribution in [3.8, 4) is 0 Å². The van der Waals surface area contributed by atoms with Crippen LogP contribution in [-0.4, -0.2) is 29.9 Å². The molecule has 5 atom stereocenters. The lowest BCUT2D eigenvalue weighted by Crippen LogP contribution is -2.32. The highest BCUT2D eigenvalue weighted by atomic mass is 19.4. The quantitative estimate of drug-likeness (QED) is 0.0862. The number of allylic oxidation sites excluding steroid dienone is 1. The van der Waals surface area contributed by atoms with Crippen molar-refractivity contribution in [3.63, 3.8) is 0 Å². The Morgan fingerprint density at radius 2 is 1.29 bits per heavy atom. The lowest BCUT2D eigenvalue weighted by atomic mass is 9.88. The number of rotatable bonds is 16. The van der Waals surface area contributed by atoms with Gasteiger partial charge in [-0.25, -0.2) is 9.59 Å². The summed E-state index contributed by atoms with van der Waals surface area (Å²) in [5.74, 6) is -1.98. The first kappa shape index (κ1) is 38.0. The summed E-state index contributed by atoms with van der Waals surface area (Å²) >= 11 is 0. The van der Waals surface area contributed by atoms with Crippen LogP contribution in [0.25, 0.3) is 0 Å². The highest BCUT2D eigenvalue weighted by Gasteiger charge is 2.33. The lowest BCUT2D eigenvalue weighted by Gasteiger charge is -2.31. The van der Waals surface area contributed by atoms with Crippen molar-refractivity contribution in [2.45, 2.75) is 78.4 Å². The Labute approximate surface area is 280 Å². The maximum atomic E-state index is 13.2. The van der Waals surface area contributed by atoms with E-state index in [-0.39, 0.29) is 25.0 Å². The summed E-state index contributed by atoms with van der Waals surface area (Å²) in [4.78, 5) is 38.7. The third-order valence-corrected chi connectivity index (χ3v) is 8.26. The van der Waals surface area contributed by atoms with Gasteiger partial charge in [0.15, 0.2) is 0 Å². The first-order valence-corrected chi connectivity index (χ1v) is 16.0. The topological polar surface area (TPSA) is 78.9 Å². The highest BCUT2D eigenvalue weighted by molar-refractivity contribution is 5.90. The molecule has 0 aromatic heterocycles. The van der Waals surface area contributed by atoms with Gasteiger partial charge in [-0.3, -0.25) is 4.79 Å². The zero-order chi connectivity index (χ0) is 35.4. The molecule has 0 saturated carbocycles. The van der Waals surface area contributed by atoms with Crippen LogP contribution in [0.2, 0.25) is 0 Å². The molecule has 0 heterocycles. The minimum absolute atomic E-state index is 0.0743. The third-order valence-electron chi connectivity index (χ3n) is 8.26. The molecule has 3 rings (SSSR count). The molecule has 6 nitrogen and oxygen atoms in total. The fourth-order valence-corrected chi connectivity index (χ4v) is 5.25. The maximum absolute atomic E-state index is 13.2. The number of Topliss-reactive ketones (excluding diaryl/α,β-unsaturated/α-hetero) is 1. The average molecular weight is 665 g/mol. The van der Waals surface area contributed by atoms with Crippen LogP contribution in [0.3, 0.4) is 0 Å². The Balaban J connectivity index is 1.87. The van der Waals surface area contributed by atoms with Gasteiger partial charge in [-0.15, -0.1) is 0 Å². The van der Waals surface area contributed by atoms with Crippen molar-refractivity contribution < 1.29 is 41.8 Å². The number of ketones is 1. The van der Waals surface area contributed by atoms with Crippen molar-refractivity contribution >= 4 is 17.7 Å². The molecule has 0 radical (unpaired) electrons. The van der Waals surface area contributed by atoms with E-state index < -0.39 is 53.8 Å². The van der Waals surface area contributed by atoms with Crippen molar-refractivity contribution in [1.82, 2.24) is 0 Å². The van der Waals surface area contributed by atoms with Gasteiger partial charge >= 0.3 is 18.1 Å². The summed E-state index contributed by atoms with van der Waals surface area (Å²) in [6.07, 6.45) is -4.32. The number of carbonyl (C=O) groups excluding carboxylic acids is 3. The number of alkyl halides is 3. The molecule has 0 aliphatic carbocycles. The summed E-state index contributed by atoms with van der Waals surface area (Å²) in [5.41, 5.74) is 1.07. The molecule has 0 unspecified atom stereocenters. The normalized spacial score (nSPS) is 15.0. The zero-order valence-corrected chi connectivity index (χ0v) is 28.0. The molecule has 48 heavy (non-hydrogen) atoms. The molecule has 9 heteroatoms. The van der Waals surface area contributed by atoms with Gasteiger partial charge < -0.3 is 14.2 Å². The molecular weight excluding hydrogens is 621 g/mol. The van der Waals surface area contributed by atoms with E-state index in [1.165, 1.54) is 12.1 Å². The van der Waals surface area contributed by atoms with Gasteiger partial charge in [0.2, 0.25) is 0 Å². The van der Waals surface area contributed by atoms with Crippen LogP contribution in [0.4, 0.5) is 13.2 Å². The second kappa shape index (κ2) is 17.6. The summed E-state index contributed by atoms with van der Waals surface area (Å²) in [5, 5.41) is 0. The number of halogens is 3. The molecule has 0 N–H and O–H groups in total. The molecule has 3 aromatic rings. The molecule has 256 valence electrons. The summed E-state index contributed by atoms with van der Waals surface area (Å²) < 4.78 is 57.7. The summed E-state index contributed by atoms with van der Waals surface area (Å²) in [6, 6.07) is 21.7. The Hall–Kier alpha value is -4.50. The van der Waals surface area contributed by atoms with E-state index in [1.807, 2.05) is 6.92 Å². The molecule has 0 aliphatic rings. The minimum Gasteiger partial charge on any atom is -0.458 e. The fourth-order valence-electron chi connectivity index (χ4n) is 5.25. The van der Waals surface area contributed by atoms with Crippen molar-refractivity contribution in [3.05, 3.63) is 131 Å². The minimum atomic E-state index is -4.47. The number of esters is 2. The SMILES string of the molecule is C=C(C[C@H](OC(=O)c1ccccc1)[C@H](C)C(=O)CC)C[C@@H](O[C@H](C)c1ccc(C(F)(F)F)cc1)[C@@H](C)/C(=C/C)OC(=O)c1ccccc1. The van der Waals surface area contributed by atoms with Crippen LogP contribution in [-0.2, 0) is 25.2 Å². The lowest BCUT2D eigenvalue weighted by molar-refractivity contribution is -0.137. The molecule has 0 fully saturated rings. The van der Waals surface area contributed by atoms with Crippen LogP contribution < -0.4 is 0 Å². The van der Waals surface area contributed by atoms with Crippen LogP contribution >= 0.6 is 0 Å². The zero-order valence-electron chi connectivity index (χ0n) is 28.0. The molecule has 0 amide bonds. The van der Waals surface area contributed by atoms with Gasteiger partial charge in [0.1, 0.15) is 17.6 Å². The van der Waals surface area contributed by atoms with Crippen LogP contribution in [0, 0.1) is 11.8 Å². The number of carbonyl (C=O) groups is 3. The van der Waals surface area contributed by atoms with Gasteiger partial charge in [-0.1, -0.05) is 81.5 Å². The number of hydrogen-bond donors (Lipinski definition) is 0. The van der Waals surface area contributed by atoms with E-state index in [1.54, 1.807) is 94.4 Å². The second-order valence-corrected chi connectivity index (χ2v) is 11.7. The largest absolute Gasteiger partial charge is 0.458 e. The van der Waals surface area contributed by atoms with Gasteiger partial charge in [0, 0.05) is 18.8 Å². The first-order valence-electron chi connectivity index (χ1n) is 16.0. The molecular formula is C39H43F3O6. The van der Waals surface area contributed by atoms with Crippen LogP contribution in [0.1, 0.15) is 91.8 Å². The number of hydrogen-bond acceptors (Lipinski definition) is 6. The Morgan fingerprint density at radius 3 is 1.79 bits per heavy atom. The molecule has 0 bridgehead atoms. The van der Waals surface area contributed by atoms with Gasteiger partial charge in [-0.2, -0.15) is 13.2 Å². The van der Waals surface area contributed by atoms with Gasteiger partial charge in [-0.05, 0) is 68.3 Å². The fraction of sp³-hybridized carbons (Fsp3) is 0.359. The van der Waals surface area contributed by atoms with E-state index in [4.69, 9.17) is 14.2 Å². The number of benzene rings is 3. The van der Waals surface area contributed by atoms with E-state index in [0.29, 0.717) is 28.0 Å². The van der Waals surface area contributed by atoms with E-state index in [0.717, 1.165) is 12.1 Å². The Kier molecular flexibility index (Phi) is 13.9. The predicted octanol–water partition coefficient (Wildman–Crippen LogP) is 9.73. The van der Waals surface area contributed by atoms with E-state index in [9.17, 15) is 27.6 Å². The molecule has 0 aliphatic heterocycles. The highest BCUT2D eigenvalue weighted by Crippen LogP contribution is 2.34. The smallest absolute Gasteiger partial charge is 0.416 e. The van der Waals surface area contributed by atoms with Crippen LogP contribution in [0.5, 0.6) is 0 Å². The molecule has 0 saturated heterocycles. The van der Waals surface area contributed by atoms with Crippen LogP contribution in [0.15, 0.2) is 109 Å². The van der Waals surface area contributed by atoms with Crippen molar-refractivity contribution in [1.29, 1.82) is 0 Å². The Bertz CT molecular complexity index is 1550. The first-order chi connectivity index (χ1) is 22.7. The maximum Gasteiger partial charge on any atom is 0.416 e. The van der Waals surface area contributed by atoms with E-state index in [2.05, 4.69) is 6.58 Å². The average Bonchev–Trinajstić information content (AvgIpc) is 3.09. The van der Waals surface area contributed by atoms with Gasteiger partial charge in [0.05, 0.1) is 34.8 Å². The second-order valence-electron chi connectivity index (χ2n) is 11.7. The predicted molar refractivity (Wildman–Crippen MR) is 178 cm³/mol. The molecule has 3 aromatic carbocycles. The third kappa shape index (κ3) is 10.8. The standard InChI is InChI=1S/C39H43F3O6/c1-7-33(43)26(4)35(48-38(45)31-17-13-10-14-18-31)23-25(3)24-36(46-28(6)29-19-21-32(22-20-29)39(40,41)42)27(5)34(8-2)47-37(44)30-15-11-9-12-16-30/h8-22,26-28,35-36H,3,7,23-24H2,1-2,4-6H3/b34-8-/t26-,27+,28-,35+,36-/m1/s1. The molecule has 0 spiro atoms. The van der Waals surface area contributed by atoms with Crippen molar-refractivity contribution in [2.75, 3.05) is 0 Å². The van der Waals surface area contributed by atoms with Gasteiger partial charge in [0.25, 0.3) is 0 Å². The number of ether oxygens (including phenoxy) is 3. The van der Waals surface area contributed by atoms with Crippen molar-refractivity contribution in [2.24, 2.45) is 11.8 Å². The van der Waals surface area contributed by atoms with E-state index >= 15 is 0 Å². The monoisotopic (exact) mass is 664 g/mol. The summed E-state index contributed by atoms with van der Waals surface area (Å²) in [7, 11) is 0. The summed E-state index contributed by atoms with van der Waals surface area (Å²) in [6.45, 7) is 13.0. The Morgan fingerprint density at radius 1 is 0.771 bits per heavy atom.